The fourth-order valence-corrected chi connectivity index (χ4v) is 5.12. The molecule has 4 rings (SSSR count). The highest BCUT2D eigenvalue weighted by atomic mass is 16.5. The van der Waals surface area contributed by atoms with Crippen LogP contribution in [0.1, 0.15) is 54.1 Å². The first-order chi connectivity index (χ1) is 17.2. The molecule has 1 unspecified atom stereocenters. The van der Waals surface area contributed by atoms with Gasteiger partial charge in [-0.15, -0.1) is 0 Å². The van der Waals surface area contributed by atoms with E-state index in [1.54, 1.807) is 19.5 Å². The Bertz CT molecular complexity index is 1080. The summed E-state index contributed by atoms with van der Waals surface area (Å²) in [6.07, 6.45) is 10.1. The highest BCUT2D eigenvalue weighted by Gasteiger charge is 2.25. The van der Waals surface area contributed by atoms with Crippen molar-refractivity contribution in [3.8, 4) is 16.9 Å². The topological polar surface area (TPSA) is 54.5 Å². The molecule has 3 aromatic rings. The normalized spacial score (nSPS) is 15.0. The predicted octanol–water partition coefficient (Wildman–Crippen LogP) is 5.54. The van der Waals surface area contributed by atoms with Crippen LogP contribution in [0.4, 0.5) is 0 Å². The van der Waals surface area contributed by atoms with Gasteiger partial charge in [-0.05, 0) is 104 Å². The van der Waals surface area contributed by atoms with Gasteiger partial charge in [0.1, 0.15) is 5.75 Å². The van der Waals surface area contributed by atoms with Crippen molar-refractivity contribution in [2.75, 3.05) is 26.7 Å². The van der Waals surface area contributed by atoms with Crippen molar-refractivity contribution in [3.63, 3.8) is 0 Å². The zero-order valence-electron chi connectivity index (χ0n) is 21.0. The van der Waals surface area contributed by atoms with E-state index in [0.717, 1.165) is 62.1 Å². The van der Waals surface area contributed by atoms with Gasteiger partial charge in [0.2, 0.25) is 0 Å². The number of benzene rings is 2. The lowest BCUT2D eigenvalue weighted by Gasteiger charge is -2.35. The largest absolute Gasteiger partial charge is 0.496 e. The zero-order valence-corrected chi connectivity index (χ0v) is 21.0. The first kappa shape index (κ1) is 24.9. The minimum atomic E-state index is -0.00507. The van der Waals surface area contributed by atoms with Crippen molar-refractivity contribution in [1.29, 1.82) is 0 Å². The summed E-state index contributed by atoms with van der Waals surface area (Å²) in [5.41, 5.74) is 5.71. The molecule has 0 spiro atoms. The summed E-state index contributed by atoms with van der Waals surface area (Å²) in [7, 11) is 1.77. The lowest BCUT2D eigenvalue weighted by atomic mass is 9.86. The Labute approximate surface area is 209 Å². The molecule has 0 saturated heterocycles. The molecule has 0 fully saturated rings. The second-order valence-corrected chi connectivity index (χ2v) is 9.31. The molecule has 1 amide bonds. The second kappa shape index (κ2) is 12.5. The number of ether oxygens (including phenoxy) is 1. The number of unbranched alkanes of at least 4 members (excludes halogenated alkanes) is 1. The molecule has 0 bridgehead atoms. The zero-order chi connectivity index (χ0) is 24.5. The number of rotatable bonds is 11. The maximum absolute atomic E-state index is 12.6. The first-order valence-corrected chi connectivity index (χ1v) is 12.9. The molecule has 5 nitrogen and oxygen atoms in total. The summed E-state index contributed by atoms with van der Waals surface area (Å²) in [5, 5.41) is 3.09. The van der Waals surface area contributed by atoms with Crippen LogP contribution in [-0.2, 0) is 12.8 Å². The summed E-state index contributed by atoms with van der Waals surface area (Å²) >= 11 is 0. The van der Waals surface area contributed by atoms with E-state index in [1.165, 1.54) is 17.5 Å². The molecular weight excluding hydrogens is 434 g/mol. The summed E-state index contributed by atoms with van der Waals surface area (Å²) < 4.78 is 5.57. The third-order valence-electron chi connectivity index (χ3n) is 6.98. The Balaban J connectivity index is 1.22. The number of pyridine rings is 1. The van der Waals surface area contributed by atoms with Crippen molar-refractivity contribution in [2.24, 2.45) is 0 Å². The van der Waals surface area contributed by atoms with Gasteiger partial charge in [-0.25, -0.2) is 0 Å². The molecule has 0 radical (unpaired) electrons. The average Bonchev–Trinajstić information content (AvgIpc) is 2.92. The maximum atomic E-state index is 12.6. The molecule has 1 aliphatic carbocycles. The number of nitrogens with zero attached hydrogens (tertiary/aromatic N) is 2. The Hall–Kier alpha value is -3.18. The van der Waals surface area contributed by atoms with Crippen molar-refractivity contribution in [2.45, 2.75) is 51.5 Å². The highest BCUT2D eigenvalue weighted by molar-refractivity contribution is 5.94. The number of carbonyl (C=O) groups excluding carboxylic acids is 1. The van der Waals surface area contributed by atoms with Crippen LogP contribution in [0.25, 0.3) is 11.1 Å². The quantitative estimate of drug-likeness (QED) is 0.373. The number of methoxy groups -OCH3 is 1. The summed E-state index contributed by atoms with van der Waals surface area (Å²) in [6.45, 7) is 5.16. The molecule has 1 atom stereocenters. The molecule has 0 aliphatic heterocycles. The Morgan fingerprint density at radius 1 is 1.03 bits per heavy atom. The molecule has 5 heteroatoms. The number of nitrogens with one attached hydrogen (secondary N) is 1. The SMILES string of the molecule is CCCN(CCCCNC(=O)c1ccc(-c2ccncc2)cc1)C1CCc2c(cccc2OC)C1. The van der Waals surface area contributed by atoms with Gasteiger partial charge in [-0.2, -0.15) is 0 Å². The fraction of sp³-hybridized carbons (Fsp3) is 0.400. The van der Waals surface area contributed by atoms with Gasteiger partial charge in [0, 0.05) is 30.5 Å². The number of hydrogen-bond acceptors (Lipinski definition) is 4. The van der Waals surface area contributed by atoms with Gasteiger partial charge in [-0.3, -0.25) is 9.78 Å². The van der Waals surface area contributed by atoms with Crippen LogP contribution in [-0.4, -0.2) is 48.6 Å². The Morgan fingerprint density at radius 3 is 2.54 bits per heavy atom. The van der Waals surface area contributed by atoms with Crippen LogP contribution >= 0.6 is 0 Å². The standard InChI is InChI=1S/C30H37N3O2/c1-3-20-33(27-13-14-28-26(22-27)7-6-8-29(28)35-2)21-5-4-17-32-30(34)25-11-9-23(10-12-25)24-15-18-31-19-16-24/h6-12,15-16,18-19,27H,3-5,13-14,17,20-22H2,1-2H3,(H,32,34). The number of fused-ring (bicyclic) bond motifs is 1. The summed E-state index contributed by atoms with van der Waals surface area (Å²) in [6, 6.07) is 18.7. The van der Waals surface area contributed by atoms with Crippen molar-refractivity contribution in [1.82, 2.24) is 15.2 Å². The smallest absolute Gasteiger partial charge is 0.251 e. The van der Waals surface area contributed by atoms with E-state index in [0.29, 0.717) is 18.2 Å². The number of amides is 1. The maximum Gasteiger partial charge on any atom is 0.251 e. The number of carbonyl (C=O) groups is 1. The Morgan fingerprint density at radius 2 is 1.80 bits per heavy atom. The van der Waals surface area contributed by atoms with Gasteiger partial charge >= 0.3 is 0 Å². The van der Waals surface area contributed by atoms with E-state index in [-0.39, 0.29) is 5.91 Å². The molecule has 1 heterocycles. The molecule has 0 saturated carbocycles. The van der Waals surface area contributed by atoms with Crippen molar-refractivity contribution in [3.05, 3.63) is 83.7 Å². The van der Waals surface area contributed by atoms with E-state index in [9.17, 15) is 4.79 Å². The predicted molar refractivity (Wildman–Crippen MR) is 142 cm³/mol. The monoisotopic (exact) mass is 471 g/mol. The van der Waals surface area contributed by atoms with Gasteiger partial charge < -0.3 is 15.0 Å². The van der Waals surface area contributed by atoms with E-state index < -0.39 is 0 Å². The second-order valence-electron chi connectivity index (χ2n) is 9.31. The first-order valence-electron chi connectivity index (χ1n) is 12.9. The lowest BCUT2D eigenvalue weighted by Crippen LogP contribution is -2.40. The minimum absolute atomic E-state index is 0.00507. The van der Waals surface area contributed by atoms with Gasteiger partial charge in [0.05, 0.1) is 7.11 Å². The number of aromatic nitrogens is 1. The van der Waals surface area contributed by atoms with Gasteiger partial charge in [0.25, 0.3) is 5.91 Å². The van der Waals surface area contributed by atoms with Crippen LogP contribution in [0.3, 0.4) is 0 Å². The van der Waals surface area contributed by atoms with Crippen molar-refractivity contribution < 1.29 is 9.53 Å². The highest BCUT2D eigenvalue weighted by Crippen LogP contribution is 2.31. The molecule has 1 aliphatic rings. The third kappa shape index (κ3) is 6.49. The van der Waals surface area contributed by atoms with Gasteiger partial charge in [-0.1, -0.05) is 31.2 Å². The minimum Gasteiger partial charge on any atom is -0.496 e. The summed E-state index contributed by atoms with van der Waals surface area (Å²) in [5.74, 6) is 1.03. The van der Waals surface area contributed by atoms with Crippen LogP contribution in [0, 0.1) is 0 Å². The van der Waals surface area contributed by atoms with Gasteiger partial charge in [0.15, 0.2) is 0 Å². The van der Waals surface area contributed by atoms with E-state index >= 15 is 0 Å². The fourth-order valence-electron chi connectivity index (χ4n) is 5.12. The third-order valence-corrected chi connectivity index (χ3v) is 6.98. The molecule has 1 N–H and O–H groups in total. The molecule has 2 aromatic carbocycles. The van der Waals surface area contributed by atoms with E-state index in [2.05, 4.69) is 40.3 Å². The lowest BCUT2D eigenvalue weighted by molar-refractivity contribution is 0.0952. The van der Waals surface area contributed by atoms with Crippen molar-refractivity contribution >= 4 is 5.91 Å². The van der Waals surface area contributed by atoms with Crippen LogP contribution in [0.15, 0.2) is 67.0 Å². The van der Waals surface area contributed by atoms with E-state index in [1.807, 2.05) is 36.4 Å². The Kier molecular flexibility index (Phi) is 8.90. The molecule has 1 aromatic heterocycles. The summed E-state index contributed by atoms with van der Waals surface area (Å²) in [4.78, 5) is 19.3. The van der Waals surface area contributed by atoms with E-state index in [4.69, 9.17) is 4.74 Å². The van der Waals surface area contributed by atoms with Crippen LogP contribution in [0.2, 0.25) is 0 Å². The molecular formula is C30H37N3O2. The molecule has 184 valence electrons. The van der Waals surface area contributed by atoms with Crippen LogP contribution < -0.4 is 10.1 Å². The average molecular weight is 472 g/mol. The van der Waals surface area contributed by atoms with Crippen LogP contribution in [0.5, 0.6) is 5.75 Å². The number of hydrogen-bond donors (Lipinski definition) is 1. The molecule has 35 heavy (non-hydrogen) atoms.